The molecule has 0 atom stereocenters. The summed E-state index contributed by atoms with van der Waals surface area (Å²) in [6.45, 7) is 10.1. The average molecular weight is 419 g/mol. The van der Waals surface area contributed by atoms with E-state index in [2.05, 4.69) is 37.4 Å². The Balaban J connectivity index is 1.56. The molecule has 6 nitrogen and oxygen atoms in total. The van der Waals surface area contributed by atoms with E-state index in [9.17, 15) is 4.39 Å². The molecule has 158 valence electrons. The molecule has 0 unspecified atom stereocenters. The monoisotopic (exact) mass is 418 g/mol. The van der Waals surface area contributed by atoms with Crippen LogP contribution in [0.5, 0.6) is 0 Å². The van der Waals surface area contributed by atoms with Crippen LogP contribution < -0.4 is 10.2 Å². The number of halogens is 1. The van der Waals surface area contributed by atoms with E-state index in [-0.39, 0.29) is 5.82 Å². The van der Waals surface area contributed by atoms with E-state index < -0.39 is 0 Å². The molecule has 1 aliphatic heterocycles. The van der Waals surface area contributed by atoms with Crippen molar-refractivity contribution in [1.82, 2.24) is 20.1 Å². The molecule has 1 aromatic heterocycles. The molecule has 0 spiro atoms. The van der Waals surface area contributed by atoms with E-state index in [1.54, 1.807) is 24.5 Å². The van der Waals surface area contributed by atoms with Crippen LogP contribution in [0.1, 0.15) is 23.2 Å². The number of guanidine groups is 1. The van der Waals surface area contributed by atoms with Gasteiger partial charge in [-0.15, -0.1) is 11.3 Å². The summed E-state index contributed by atoms with van der Waals surface area (Å²) < 4.78 is 14.7. The summed E-state index contributed by atoms with van der Waals surface area (Å²) in [6, 6.07) is 5.53. The van der Waals surface area contributed by atoms with E-state index in [4.69, 9.17) is 0 Å². The minimum absolute atomic E-state index is 0.157. The highest BCUT2D eigenvalue weighted by Gasteiger charge is 2.18. The predicted molar refractivity (Wildman–Crippen MR) is 119 cm³/mol. The number of hydrogen-bond donors (Lipinski definition) is 1. The Bertz CT molecular complexity index is 828. The van der Waals surface area contributed by atoms with Gasteiger partial charge in [0.1, 0.15) is 5.82 Å². The Morgan fingerprint density at radius 1 is 1.31 bits per heavy atom. The zero-order valence-corrected chi connectivity index (χ0v) is 18.6. The summed E-state index contributed by atoms with van der Waals surface area (Å²) in [6.07, 6.45) is 0. The van der Waals surface area contributed by atoms with Crippen LogP contribution in [-0.2, 0) is 13.1 Å². The fraction of sp³-hybridized carbons (Fsp3) is 0.524. The molecule has 2 aromatic rings. The Morgan fingerprint density at radius 3 is 2.66 bits per heavy atom. The summed E-state index contributed by atoms with van der Waals surface area (Å²) >= 11 is 1.65. The van der Waals surface area contributed by atoms with Gasteiger partial charge in [0.2, 0.25) is 0 Å². The first-order valence-electron chi connectivity index (χ1n) is 10.1. The summed E-state index contributed by atoms with van der Waals surface area (Å²) in [5.74, 6) is 0.603. The number of aromatic nitrogens is 1. The third-order valence-electron chi connectivity index (χ3n) is 5.26. The molecule has 29 heavy (non-hydrogen) atoms. The molecule has 0 saturated carbocycles. The molecule has 0 radical (unpaired) electrons. The Morgan fingerprint density at radius 2 is 2.07 bits per heavy atom. The van der Waals surface area contributed by atoms with Gasteiger partial charge in [0, 0.05) is 52.2 Å². The summed E-state index contributed by atoms with van der Waals surface area (Å²) in [4.78, 5) is 15.4. The number of rotatable bonds is 6. The van der Waals surface area contributed by atoms with Gasteiger partial charge in [0.05, 0.1) is 22.9 Å². The van der Waals surface area contributed by atoms with E-state index >= 15 is 0 Å². The second-order valence-electron chi connectivity index (χ2n) is 7.32. The van der Waals surface area contributed by atoms with Crippen LogP contribution in [0, 0.1) is 12.7 Å². The summed E-state index contributed by atoms with van der Waals surface area (Å²) in [7, 11) is 3.73. The van der Waals surface area contributed by atoms with Crippen LogP contribution in [0.4, 0.5) is 10.1 Å². The van der Waals surface area contributed by atoms with Crippen molar-refractivity contribution in [3.63, 3.8) is 0 Å². The minimum Gasteiger partial charge on any atom is -0.367 e. The number of nitrogens with zero attached hydrogens (tertiary/aromatic N) is 5. The predicted octanol–water partition coefficient (Wildman–Crippen LogP) is 2.94. The molecule has 1 aliphatic rings. The number of hydrogen-bond acceptors (Lipinski definition) is 5. The maximum atomic E-state index is 14.7. The number of anilines is 1. The standard InChI is InChI=1S/C21H31FN6S/c1-5-27-8-10-28(11-9-27)20-7-6-17(12-19(20)22)13-24-21(23-3)26(4)14-18-15-29-16(2)25-18/h6-7,12,15H,5,8-11,13-14H2,1-4H3,(H,23,24). The molecule has 3 rings (SSSR count). The van der Waals surface area contributed by atoms with E-state index in [1.165, 1.54) is 0 Å². The normalized spacial score (nSPS) is 15.6. The third-order valence-corrected chi connectivity index (χ3v) is 6.08. The van der Waals surface area contributed by atoms with Gasteiger partial charge in [-0.25, -0.2) is 9.37 Å². The molecule has 1 fully saturated rings. The summed E-state index contributed by atoms with van der Waals surface area (Å²) in [5.41, 5.74) is 2.62. The molecule has 0 amide bonds. The van der Waals surface area contributed by atoms with Crippen LogP contribution >= 0.6 is 11.3 Å². The van der Waals surface area contributed by atoms with E-state index in [0.29, 0.717) is 18.8 Å². The first-order chi connectivity index (χ1) is 14.0. The molecule has 0 aliphatic carbocycles. The smallest absolute Gasteiger partial charge is 0.194 e. The number of piperazine rings is 1. The molecule has 1 aromatic carbocycles. The van der Waals surface area contributed by atoms with Crippen molar-refractivity contribution in [2.75, 3.05) is 51.7 Å². The van der Waals surface area contributed by atoms with Gasteiger partial charge >= 0.3 is 0 Å². The van der Waals surface area contributed by atoms with Crippen LogP contribution in [0.25, 0.3) is 0 Å². The lowest BCUT2D eigenvalue weighted by Crippen LogP contribution is -2.46. The van der Waals surface area contributed by atoms with Gasteiger partial charge < -0.3 is 20.0 Å². The van der Waals surface area contributed by atoms with Crippen molar-refractivity contribution in [3.8, 4) is 0 Å². The SMILES string of the molecule is CCN1CCN(c2ccc(CNC(=NC)N(C)Cc3csc(C)n3)cc2F)CC1. The molecule has 8 heteroatoms. The molecule has 1 saturated heterocycles. The zero-order valence-electron chi connectivity index (χ0n) is 17.8. The van der Waals surface area contributed by atoms with Crippen LogP contribution in [-0.4, -0.2) is 67.6 Å². The fourth-order valence-electron chi connectivity index (χ4n) is 3.59. The van der Waals surface area contributed by atoms with Crippen LogP contribution in [0.3, 0.4) is 0 Å². The first kappa shape index (κ1) is 21.5. The number of nitrogens with one attached hydrogen (secondary N) is 1. The van der Waals surface area contributed by atoms with Gasteiger partial charge in [-0.1, -0.05) is 13.0 Å². The van der Waals surface area contributed by atoms with Crippen molar-refractivity contribution in [2.45, 2.75) is 26.9 Å². The van der Waals surface area contributed by atoms with Gasteiger partial charge in [-0.05, 0) is 31.2 Å². The number of aryl methyl sites for hydroxylation is 1. The first-order valence-corrected chi connectivity index (χ1v) is 11.0. The van der Waals surface area contributed by atoms with Gasteiger partial charge in [-0.3, -0.25) is 4.99 Å². The molecule has 0 bridgehead atoms. The Labute approximate surface area is 177 Å². The number of benzene rings is 1. The van der Waals surface area contributed by atoms with Gasteiger partial charge in [-0.2, -0.15) is 0 Å². The largest absolute Gasteiger partial charge is 0.367 e. The van der Waals surface area contributed by atoms with Crippen molar-refractivity contribution < 1.29 is 4.39 Å². The maximum Gasteiger partial charge on any atom is 0.194 e. The third kappa shape index (κ3) is 5.67. The zero-order chi connectivity index (χ0) is 20.8. The van der Waals surface area contributed by atoms with Crippen molar-refractivity contribution in [1.29, 1.82) is 0 Å². The lowest BCUT2D eigenvalue weighted by atomic mass is 10.1. The van der Waals surface area contributed by atoms with Crippen LogP contribution in [0.2, 0.25) is 0 Å². The fourth-order valence-corrected chi connectivity index (χ4v) is 4.19. The molecular formula is C21H31FN6S. The average Bonchev–Trinajstić information content (AvgIpc) is 3.13. The topological polar surface area (TPSA) is 47.0 Å². The van der Waals surface area contributed by atoms with Crippen molar-refractivity contribution >= 4 is 23.0 Å². The van der Waals surface area contributed by atoms with Crippen molar-refractivity contribution in [3.05, 3.63) is 45.7 Å². The summed E-state index contributed by atoms with van der Waals surface area (Å²) in [5, 5.41) is 6.44. The van der Waals surface area contributed by atoms with Crippen LogP contribution in [0.15, 0.2) is 28.6 Å². The second-order valence-corrected chi connectivity index (χ2v) is 8.38. The minimum atomic E-state index is -0.157. The Hall–Kier alpha value is -2.19. The molecule has 2 heterocycles. The van der Waals surface area contributed by atoms with Crippen molar-refractivity contribution in [2.24, 2.45) is 4.99 Å². The van der Waals surface area contributed by atoms with Gasteiger partial charge in [0.25, 0.3) is 0 Å². The maximum absolute atomic E-state index is 14.7. The number of likely N-dealkylation sites (N-methyl/N-ethyl adjacent to an activating group) is 1. The molecular weight excluding hydrogens is 387 g/mol. The number of aliphatic imine (C=N–C) groups is 1. The number of thiazole rings is 1. The van der Waals surface area contributed by atoms with Gasteiger partial charge in [0.15, 0.2) is 5.96 Å². The lowest BCUT2D eigenvalue weighted by molar-refractivity contribution is 0.270. The Kier molecular flexibility index (Phi) is 7.44. The quantitative estimate of drug-likeness (QED) is 0.577. The van der Waals surface area contributed by atoms with E-state index in [0.717, 1.165) is 54.9 Å². The highest BCUT2D eigenvalue weighted by molar-refractivity contribution is 7.09. The molecule has 1 N–H and O–H groups in total. The van der Waals surface area contributed by atoms with E-state index in [1.807, 2.05) is 31.0 Å². The highest BCUT2D eigenvalue weighted by atomic mass is 32.1. The second kappa shape index (κ2) is 10.0. The highest BCUT2D eigenvalue weighted by Crippen LogP contribution is 2.22. The lowest BCUT2D eigenvalue weighted by Gasteiger charge is -2.35.